The van der Waals surface area contributed by atoms with Gasteiger partial charge in [-0.3, -0.25) is 4.79 Å². The average Bonchev–Trinajstić information content (AvgIpc) is 2.80. The lowest BCUT2D eigenvalue weighted by molar-refractivity contribution is -0.133. The second-order valence-electron chi connectivity index (χ2n) is 8.53. The second kappa shape index (κ2) is 10.3. The molecule has 1 aliphatic carbocycles. The zero-order chi connectivity index (χ0) is 20.8. The molecule has 1 amide bonds. The number of rotatable bonds is 7. The molecule has 2 aromatic carbocycles. The zero-order valence-electron chi connectivity index (χ0n) is 17.8. The molecule has 0 radical (unpaired) electrons. The molecule has 1 saturated carbocycles. The highest BCUT2D eigenvalue weighted by Crippen LogP contribution is 2.33. The molecule has 0 aromatic heterocycles. The summed E-state index contributed by atoms with van der Waals surface area (Å²) >= 11 is 1.59. The Morgan fingerprint density at radius 3 is 2.77 bits per heavy atom. The van der Waals surface area contributed by atoms with E-state index in [1.165, 1.54) is 41.7 Å². The minimum absolute atomic E-state index is 0.187. The van der Waals surface area contributed by atoms with Gasteiger partial charge in [-0.2, -0.15) is 0 Å². The number of aryl methyl sites for hydroxylation is 2. The van der Waals surface area contributed by atoms with Gasteiger partial charge >= 0.3 is 0 Å². The van der Waals surface area contributed by atoms with Gasteiger partial charge in [-0.1, -0.05) is 66.6 Å². The lowest BCUT2D eigenvalue weighted by Gasteiger charge is -2.37. The monoisotopic (exact) mass is 420 g/mol. The molecule has 2 aromatic rings. The van der Waals surface area contributed by atoms with Gasteiger partial charge in [-0.25, -0.2) is 4.72 Å². The lowest BCUT2D eigenvalue weighted by Crippen LogP contribution is -2.48. The van der Waals surface area contributed by atoms with Crippen molar-refractivity contribution in [2.24, 2.45) is 5.92 Å². The van der Waals surface area contributed by atoms with Crippen LogP contribution in [0.25, 0.3) is 0 Å². The first-order valence-corrected chi connectivity index (χ1v) is 12.0. The van der Waals surface area contributed by atoms with Crippen LogP contribution in [0.5, 0.6) is 0 Å². The fourth-order valence-electron chi connectivity index (χ4n) is 4.55. The maximum absolute atomic E-state index is 13.5. The Morgan fingerprint density at radius 1 is 1.13 bits per heavy atom. The van der Waals surface area contributed by atoms with Gasteiger partial charge in [0.15, 0.2) is 0 Å². The number of benzene rings is 2. The standard InChI is InChI=1S/C26H32N2OS/c1-20-9-5-8-14-25(20)30-27-24(16-15-21-10-3-2-4-11-21)26(29)28-18-17-22-12-6-7-13-23(22)19-28/h2-5,8-11,14,17,23-24,27H,6-7,12-13,15-16,18-19H2,1H3/t23?,24-/m1/s1. The molecule has 1 unspecified atom stereocenters. The first-order valence-electron chi connectivity index (χ1n) is 11.2. The maximum Gasteiger partial charge on any atom is 0.240 e. The normalized spacial score (nSPS) is 19.7. The van der Waals surface area contributed by atoms with Gasteiger partial charge in [-0.15, -0.1) is 0 Å². The van der Waals surface area contributed by atoms with Crippen LogP contribution in [0.2, 0.25) is 0 Å². The summed E-state index contributed by atoms with van der Waals surface area (Å²) in [5.74, 6) is 0.822. The van der Waals surface area contributed by atoms with Crippen molar-refractivity contribution in [2.45, 2.75) is 56.4 Å². The van der Waals surface area contributed by atoms with Crippen LogP contribution in [0, 0.1) is 12.8 Å². The predicted molar refractivity (Wildman–Crippen MR) is 125 cm³/mol. The lowest BCUT2D eigenvalue weighted by atomic mass is 9.82. The molecule has 3 nitrogen and oxygen atoms in total. The van der Waals surface area contributed by atoms with Crippen LogP contribution in [-0.4, -0.2) is 29.9 Å². The summed E-state index contributed by atoms with van der Waals surface area (Å²) in [6.45, 7) is 3.78. The molecule has 0 spiro atoms. The number of hydrogen-bond acceptors (Lipinski definition) is 3. The highest BCUT2D eigenvalue weighted by Gasteiger charge is 2.31. The van der Waals surface area contributed by atoms with E-state index in [0.29, 0.717) is 5.92 Å². The molecule has 4 heteroatoms. The average molecular weight is 421 g/mol. The molecular formula is C26H32N2OS. The minimum atomic E-state index is -0.187. The molecular weight excluding hydrogens is 388 g/mol. The van der Waals surface area contributed by atoms with E-state index >= 15 is 0 Å². The van der Waals surface area contributed by atoms with Gasteiger partial charge in [0.25, 0.3) is 0 Å². The van der Waals surface area contributed by atoms with Gasteiger partial charge in [-0.05, 0) is 74.1 Å². The van der Waals surface area contributed by atoms with Crippen molar-refractivity contribution in [3.8, 4) is 0 Å². The van der Waals surface area contributed by atoms with E-state index in [0.717, 1.165) is 25.9 Å². The van der Waals surface area contributed by atoms with Crippen LogP contribution in [-0.2, 0) is 11.2 Å². The number of hydrogen-bond donors (Lipinski definition) is 1. The Morgan fingerprint density at radius 2 is 1.93 bits per heavy atom. The molecule has 30 heavy (non-hydrogen) atoms. The van der Waals surface area contributed by atoms with Crippen LogP contribution < -0.4 is 4.72 Å². The smallest absolute Gasteiger partial charge is 0.240 e. The summed E-state index contributed by atoms with van der Waals surface area (Å²) in [5.41, 5.74) is 4.11. The molecule has 2 atom stereocenters. The maximum atomic E-state index is 13.5. The number of fused-ring (bicyclic) bond motifs is 1. The van der Waals surface area contributed by atoms with Crippen molar-refractivity contribution < 1.29 is 4.79 Å². The third kappa shape index (κ3) is 5.35. The topological polar surface area (TPSA) is 32.3 Å². The molecule has 1 fully saturated rings. The van der Waals surface area contributed by atoms with Crippen molar-refractivity contribution in [2.75, 3.05) is 13.1 Å². The van der Waals surface area contributed by atoms with Crippen molar-refractivity contribution in [3.05, 3.63) is 77.4 Å². The summed E-state index contributed by atoms with van der Waals surface area (Å²) in [7, 11) is 0. The SMILES string of the molecule is Cc1ccccc1SN[C@H](CCc1ccccc1)C(=O)N1CC=C2CCCCC2C1. The quantitative estimate of drug-likeness (QED) is 0.471. The van der Waals surface area contributed by atoms with E-state index in [-0.39, 0.29) is 11.9 Å². The van der Waals surface area contributed by atoms with Crippen LogP contribution in [0.15, 0.2) is 71.1 Å². The second-order valence-corrected chi connectivity index (χ2v) is 9.41. The zero-order valence-corrected chi connectivity index (χ0v) is 18.7. The molecule has 0 saturated heterocycles. The highest BCUT2D eigenvalue weighted by atomic mass is 32.2. The van der Waals surface area contributed by atoms with Gasteiger partial charge in [0, 0.05) is 18.0 Å². The number of carbonyl (C=O) groups excluding carboxylic acids is 1. The van der Waals surface area contributed by atoms with Crippen LogP contribution in [0.4, 0.5) is 0 Å². The van der Waals surface area contributed by atoms with Crippen LogP contribution in [0.3, 0.4) is 0 Å². The third-order valence-electron chi connectivity index (χ3n) is 6.39. The van der Waals surface area contributed by atoms with E-state index in [1.54, 1.807) is 17.5 Å². The van der Waals surface area contributed by atoms with E-state index < -0.39 is 0 Å². The van der Waals surface area contributed by atoms with Gasteiger partial charge < -0.3 is 4.90 Å². The fourth-order valence-corrected chi connectivity index (χ4v) is 5.41. The van der Waals surface area contributed by atoms with Crippen molar-refractivity contribution in [1.29, 1.82) is 0 Å². The molecule has 158 valence electrons. The first kappa shape index (κ1) is 21.2. The Bertz CT molecular complexity index is 880. The Labute approximate surface area is 185 Å². The Kier molecular flexibility index (Phi) is 7.29. The van der Waals surface area contributed by atoms with Crippen molar-refractivity contribution >= 4 is 17.9 Å². The summed E-state index contributed by atoms with van der Waals surface area (Å²) in [6, 6.07) is 18.6. The van der Waals surface area contributed by atoms with Crippen LogP contribution in [0.1, 0.15) is 43.2 Å². The van der Waals surface area contributed by atoms with E-state index in [2.05, 4.69) is 71.2 Å². The van der Waals surface area contributed by atoms with Crippen molar-refractivity contribution in [1.82, 2.24) is 9.62 Å². The van der Waals surface area contributed by atoms with Gasteiger partial charge in [0.2, 0.25) is 5.91 Å². The van der Waals surface area contributed by atoms with Gasteiger partial charge in [0.1, 0.15) is 0 Å². The number of nitrogens with zero attached hydrogens (tertiary/aromatic N) is 1. The summed E-state index contributed by atoms with van der Waals surface area (Å²) < 4.78 is 3.52. The Hall–Kier alpha value is -2.04. The van der Waals surface area contributed by atoms with Gasteiger partial charge in [0.05, 0.1) is 6.04 Å². The number of carbonyl (C=O) groups is 1. The van der Waals surface area contributed by atoms with Crippen molar-refractivity contribution in [3.63, 3.8) is 0 Å². The van der Waals surface area contributed by atoms with E-state index in [1.807, 2.05) is 6.07 Å². The number of amides is 1. The fraction of sp³-hybridized carbons (Fsp3) is 0.423. The molecule has 1 heterocycles. The Balaban J connectivity index is 1.45. The minimum Gasteiger partial charge on any atom is -0.337 e. The molecule has 0 bridgehead atoms. The summed E-state index contributed by atoms with van der Waals surface area (Å²) in [4.78, 5) is 16.8. The molecule has 2 aliphatic rings. The molecule has 4 rings (SSSR count). The summed E-state index contributed by atoms with van der Waals surface area (Å²) in [5, 5.41) is 0. The predicted octanol–water partition coefficient (Wildman–Crippen LogP) is 5.55. The third-order valence-corrected chi connectivity index (χ3v) is 7.47. The number of nitrogens with one attached hydrogen (secondary N) is 1. The largest absolute Gasteiger partial charge is 0.337 e. The first-order chi connectivity index (χ1) is 14.7. The summed E-state index contributed by atoms with van der Waals surface area (Å²) in [6.07, 6.45) is 9.10. The highest BCUT2D eigenvalue weighted by molar-refractivity contribution is 7.97. The molecule has 1 N–H and O–H groups in total. The van der Waals surface area contributed by atoms with Crippen LogP contribution >= 0.6 is 11.9 Å². The molecule has 1 aliphatic heterocycles. The van der Waals surface area contributed by atoms with E-state index in [9.17, 15) is 4.79 Å². The van der Waals surface area contributed by atoms with E-state index in [4.69, 9.17) is 0 Å².